The number of halogens is 2. The van der Waals surface area contributed by atoms with Crippen LogP contribution in [0, 0.1) is 0 Å². The number of amides is 3. The third-order valence-corrected chi connectivity index (χ3v) is 3.69. The molecule has 0 fully saturated rings. The highest BCUT2D eigenvalue weighted by atomic mass is 35.5. The van der Waals surface area contributed by atoms with Gasteiger partial charge in [0.15, 0.2) is 0 Å². The summed E-state index contributed by atoms with van der Waals surface area (Å²) in [7, 11) is 0. The molecule has 3 N–H and O–H groups in total. The van der Waals surface area contributed by atoms with Gasteiger partial charge < -0.3 is 10.6 Å². The number of hydrogen-bond donors (Lipinski definition) is 3. The van der Waals surface area contributed by atoms with E-state index in [1.165, 1.54) is 13.1 Å². The summed E-state index contributed by atoms with van der Waals surface area (Å²) in [4.78, 5) is 34.5. The fourth-order valence-electron chi connectivity index (χ4n) is 1.87. The van der Waals surface area contributed by atoms with Gasteiger partial charge in [0.25, 0.3) is 0 Å². The SMILES string of the molecule is CC(=O)Nc1ccc(NC(=O)C(=O)N/N=C/c2c(Cl)cccc2Cl)cc1. The highest BCUT2D eigenvalue weighted by Crippen LogP contribution is 2.22. The molecule has 2 aromatic rings. The van der Waals surface area contributed by atoms with Crippen LogP contribution in [0.25, 0.3) is 0 Å². The zero-order chi connectivity index (χ0) is 19.1. The molecule has 9 heteroatoms. The Morgan fingerprint density at radius 1 is 0.885 bits per heavy atom. The maximum absolute atomic E-state index is 11.8. The number of carbonyl (C=O) groups is 3. The van der Waals surface area contributed by atoms with Crippen LogP contribution < -0.4 is 16.1 Å². The van der Waals surface area contributed by atoms with E-state index in [2.05, 4.69) is 21.2 Å². The first-order chi connectivity index (χ1) is 12.4. The predicted molar refractivity (Wildman–Crippen MR) is 102 cm³/mol. The summed E-state index contributed by atoms with van der Waals surface area (Å²) in [5.74, 6) is -2.08. The maximum Gasteiger partial charge on any atom is 0.329 e. The second-order valence-corrected chi connectivity index (χ2v) is 5.86. The Morgan fingerprint density at radius 3 is 1.96 bits per heavy atom. The lowest BCUT2D eigenvalue weighted by atomic mass is 10.2. The number of hydrazone groups is 1. The van der Waals surface area contributed by atoms with Gasteiger partial charge in [-0.2, -0.15) is 5.10 Å². The van der Waals surface area contributed by atoms with Crippen molar-refractivity contribution in [1.82, 2.24) is 5.43 Å². The molecule has 0 radical (unpaired) electrons. The summed E-state index contributed by atoms with van der Waals surface area (Å²) in [6.07, 6.45) is 1.25. The summed E-state index contributed by atoms with van der Waals surface area (Å²) >= 11 is 11.9. The molecular weight excluding hydrogens is 379 g/mol. The summed E-state index contributed by atoms with van der Waals surface area (Å²) in [6.45, 7) is 1.39. The van der Waals surface area contributed by atoms with E-state index in [4.69, 9.17) is 23.2 Å². The van der Waals surface area contributed by atoms with Gasteiger partial charge in [0.2, 0.25) is 5.91 Å². The number of hydrogen-bond acceptors (Lipinski definition) is 4. The summed E-state index contributed by atoms with van der Waals surface area (Å²) in [5, 5.41) is 9.38. The lowest BCUT2D eigenvalue weighted by Gasteiger charge is -2.06. The van der Waals surface area contributed by atoms with Crippen LogP contribution in [0.5, 0.6) is 0 Å². The predicted octanol–water partition coefficient (Wildman–Crippen LogP) is 3.04. The molecule has 26 heavy (non-hydrogen) atoms. The first-order valence-electron chi connectivity index (χ1n) is 7.33. The Kier molecular flexibility index (Phi) is 6.71. The molecule has 0 aromatic heterocycles. The molecular formula is C17H14Cl2N4O3. The molecule has 3 amide bonds. The van der Waals surface area contributed by atoms with Crippen LogP contribution in [0.15, 0.2) is 47.6 Å². The van der Waals surface area contributed by atoms with Gasteiger partial charge in [-0.15, -0.1) is 0 Å². The third-order valence-electron chi connectivity index (χ3n) is 3.03. The molecule has 0 bridgehead atoms. The van der Waals surface area contributed by atoms with E-state index in [1.54, 1.807) is 42.5 Å². The smallest absolute Gasteiger partial charge is 0.326 e. The number of benzene rings is 2. The maximum atomic E-state index is 11.8. The average Bonchev–Trinajstić information content (AvgIpc) is 2.58. The molecule has 2 aromatic carbocycles. The number of carbonyl (C=O) groups excluding carboxylic acids is 3. The standard InChI is InChI=1S/C17H14Cl2N4O3/c1-10(24)21-11-5-7-12(8-6-11)22-16(25)17(26)23-20-9-13-14(18)3-2-4-15(13)19/h2-9H,1H3,(H,21,24)(H,22,25)(H,23,26)/b20-9+. The minimum Gasteiger partial charge on any atom is -0.326 e. The third kappa shape index (κ3) is 5.58. The molecule has 134 valence electrons. The van der Waals surface area contributed by atoms with Crippen LogP contribution in [0.2, 0.25) is 10.0 Å². The van der Waals surface area contributed by atoms with Crippen molar-refractivity contribution in [2.24, 2.45) is 5.10 Å². The van der Waals surface area contributed by atoms with Crippen molar-refractivity contribution in [2.45, 2.75) is 6.92 Å². The van der Waals surface area contributed by atoms with Gasteiger partial charge in [0.05, 0.1) is 16.3 Å². The van der Waals surface area contributed by atoms with E-state index in [1.807, 2.05) is 0 Å². The summed E-state index contributed by atoms with van der Waals surface area (Å²) in [5.41, 5.74) is 3.47. The van der Waals surface area contributed by atoms with Crippen molar-refractivity contribution in [3.63, 3.8) is 0 Å². The molecule has 0 spiro atoms. The van der Waals surface area contributed by atoms with Crippen LogP contribution in [0.1, 0.15) is 12.5 Å². The molecule has 0 saturated heterocycles. The van der Waals surface area contributed by atoms with E-state index in [9.17, 15) is 14.4 Å². The molecule has 0 aliphatic carbocycles. The van der Waals surface area contributed by atoms with Gasteiger partial charge in [-0.1, -0.05) is 29.3 Å². The molecule has 0 aliphatic heterocycles. The van der Waals surface area contributed by atoms with Gasteiger partial charge in [-0.05, 0) is 36.4 Å². The Hall–Kier alpha value is -2.90. The number of nitrogens with one attached hydrogen (secondary N) is 3. The molecule has 0 saturated carbocycles. The fraction of sp³-hybridized carbons (Fsp3) is 0.0588. The van der Waals surface area contributed by atoms with Crippen molar-refractivity contribution in [3.05, 3.63) is 58.1 Å². The molecule has 0 aliphatic rings. The zero-order valence-electron chi connectivity index (χ0n) is 13.5. The number of rotatable bonds is 4. The first kappa shape index (κ1) is 19.4. The lowest BCUT2D eigenvalue weighted by Crippen LogP contribution is -2.32. The van der Waals surface area contributed by atoms with Crippen LogP contribution >= 0.6 is 23.2 Å². The molecule has 7 nitrogen and oxygen atoms in total. The zero-order valence-corrected chi connectivity index (χ0v) is 15.1. The normalized spacial score (nSPS) is 10.4. The van der Waals surface area contributed by atoms with Crippen molar-refractivity contribution in [3.8, 4) is 0 Å². The summed E-state index contributed by atoms with van der Waals surface area (Å²) in [6, 6.07) is 11.2. The quantitative estimate of drug-likeness (QED) is 0.423. The van der Waals surface area contributed by atoms with Crippen LogP contribution in [0.4, 0.5) is 11.4 Å². The topological polar surface area (TPSA) is 99.7 Å². The van der Waals surface area contributed by atoms with E-state index in [-0.39, 0.29) is 5.91 Å². The lowest BCUT2D eigenvalue weighted by molar-refractivity contribution is -0.136. The molecule has 0 atom stereocenters. The summed E-state index contributed by atoms with van der Waals surface area (Å²) < 4.78 is 0. The largest absolute Gasteiger partial charge is 0.329 e. The molecule has 2 rings (SSSR count). The Balaban J connectivity index is 1.92. The minimum atomic E-state index is -0.963. The van der Waals surface area contributed by atoms with E-state index in [0.717, 1.165) is 0 Å². The van der Waals surface area contributed by atoms with Crippen molar-refractivity contribution in [1.29, 1.82) is 0 Å². The van der Waals surface area contributed by atoms with E-state index >= 15 is 0 Å². The van der Waals surface area contributed by atoms with Gasteiger partial charge in [-0.25, -0.2) is 5.43 Å². The van der Waals surface area contributed by atoms with Gasteiger partial charge in [0.1, 0.15) is 0 Å². The Morgan fingerprint density at radius 2 is 1.42 bits per heavy atom. The van der Waals surface area contributed by atoms with E-state index < -0.39 is 11.8 Å². The van der Waals surface area contributed by atoms with Crippen LogP contribution in [-0.2, 0) is 14.4 Å². The monoisotopic (exact) mass is 392 g/mol. The second-order valence-electron chi connectivity index (χ2n) is 5.05. The van der Waals surface area contributed by atoms with Gasteiger partial charge in [-0.3, -0.25) is 14.4 Å². The highest BCUT2D eigenvalue weighted by molar-refractivity contribution is 6.40. The molecule has 0 unspecified atom stereocenters. The van der Waals surface area contributed by atoms with Gasteiger partial charge >= 0.3 is 11.8 Å². The minimum absolute atomic E-state index is 0.211. The molecule has 0 heterocycles. The first-order valence-corrected chi connectivity index (χ1v) is 8.08. The van der Waals surface area contributed by atoms with Crippen molar-refractivity contribution >= 4 is 58.5 Å². The fourth-order valence-corrected chi connectivity index (χ4v) is 2.36. The van der Waals surface area contributed by atoms with E-state index in [0.29, 0.717) is 27.0 Å². The van der Waals surface area contributed by atoms with Crippen LogP contribution in [-0.4, -0.2) is 23.9 Å². The van der Waals surface area contributed by atoms with Crippen molar-refractivity contribution in [2.75, 3.05) is 10.6 Å². The van der Waals surface area contributed by atoms with Gasteiger partial charge in [0, 0.05) is 23.9 Å². The Labute approximate surface area is 159 Å². The average molecular weight is 393 g/mol. The van der Waals surface area contributed by atoms with Crippen molar-refractivity contribution < 1.29 is 14.4 Å². The highest BCUT2D eigenvalue weighted by Gasteiger charge is 2.13. The van der Waals surface area contributed by atoms with Crippen LogP contribution in [0.3, 0.4) is 0 Å². The second kappa shape index (κ2) is 8.98. The Bertz CT molecular complexity index is 847. The number of anilines is 2. The number of nitrogens with zero attached hydrogens (tertiary/aromatic N) is 1.